The fourth-order valence-electron chi connectivity index (χ4n) is 0.650. The summed E-state index contributed by atoms with van der Waals surface area (Å²) in [6.45, 7) is 14.6. The van der Waals surface area contributed by atoms with E-state index < -0.39 is 0 Å². The van der Waals surface area contributed by atoms with Crippen LogP contribution >= 0.6 is 11.9 Å². The summed E-state index contributed by atoms with van der Waals surface area (Å²) in [5, 5.41) is 0. The van der Waals surface area contributed by atoms with Gasteiger partial charge in [0.15, 0.2) is 0 Å². The fourth-order valence-corrected chi connectivity index (χ4v) is 1.45. The minimum Gasteiger partial charge on any atom is -0.262 e. The first-order valence-corrected chi connectivity index (χ1v) is 7.13. The molecule has 2 heteroatoms. The zero-order valence-electron chi connectivity index (χ0n) is 11.3. The summed E-state index contributed by atoms with van der Waals surface area (Å²) in [6.07, 6.45) is 4.04. The Hall–Kier alpha value is 0.310. The predicted molar refractivity (Wildman–Crippen MR) is 73.0 cm³/mol. The van der Waals surface area contributed by atoms with Crippen LogP contribution in [0.2, 0.25) is 0 Å². The minimum atomic E-state index is 0.617. The van der Waals surface area contributed by atoms with Crippen LogP contribution in [0, 0.1) is 0 Å². The highest BCUT2D eigenvalue weighted by Crippen LogP contribution is 2.02. The van der Waals surface area contributed by atoms with Crippen molar-refractivity contribution in [3.63, 3.8) is 0 Å². The Labute approximate surface area is 96.6 Å². The Morgan fingerprint density at radius 3 is 1.86 bits per heavy atom. The second-order valence-electron chi connectivity index (χ2n) is 2.83. The third kappa shape index (κ3) is 29.5. The molecule has 0 amide bonds. The van der Waals surface area contributed by atoms with Gasteiger partial charge in [-0.2, -0.15) is 0 Å². The monoisotopic (exact) mass is 221 g/mol. The van der Waals surface area contributed by atoms with Gasteiger partial charge in [0.25, 0.3) is 0 Å². The van der Waals surface area contributed by atoms with E-state index in [1.165, 1.54) is 25.0 Å². The second-order valence-corrected chi connectivity index (χ2v) is 3.76. The van der Waals surface area contributed by atoms with E-state index in [0.29, 0.717) is 6.04 Å². The zero-order valence-corrected chi connectivity index (χ0v) is 12.1. The van der Waals surface area contributed by atoms with Crippen LogP contribution in [0.25, 0.3) is 0 Å². The van der Waals surface area contributed by atoms with Gasteiger partial charge in [0.2, 0.25) is 0 Å². The first-order chi connectivity index (χ1) is 6.77. The van der Waals surface area contributed by atoms with Gasteiger partial charge in [-0.05, 0) is 20.3 Å². The summed E-state index contributed by atoms with van der Waals surface area (Å²) in [7, 11) is 0. The first-order valence-electron chi connectivity index (χ1n) is 6.14. The van der Waals surface area contributed by atoms with E-state index in [0.717, 1.165) is 0 Å². The number of unbranched alkanes of at least 4 members (excludes halogenated alkanes) is 2. The summed E-state index contributed by atoms with van der Waals surface area (Å²) in [5.41, 5.74) is 0. The van der Waals surface area contributed by atoms with Gasteiger partial charge in [-0.15, -0.1) is 0 Å². The Kier molecular flexibility index (Phi) is 32.9. The maximum absolute atomic E-state index is 3.32. The van der Waals surface area contributed by atoms with E-state index in [1.54, 1.807) is 0 Å². The molecule has 0 saturated heterocycles. The molecule has 0 fully saturated rings. The standard InChI is InChI=1S/C8H19NS.2C2H6/c1-4-5-6-7-10-9-8(2)3;2*1-2/h8-9H,4-7H2,1-3H3;2*1-2H3. The molecule has 0 saturated carbocycles. The molecule has 0 aromatic rings. The molecule has 0 radical (unpaired) electrons. The highest BCUT2D eigenvalue weighted by Gasteiger charge is 1.90. The Morgan fingerprint density at radius 2 is 1.50 bits per heavy atom. The lowest BCUT2D eigenvalue weighted by atomic mass is 10.3. The van der Waals surface area contributed by atoms with Crippen LogP contribution in [0.4, 0.5) is 0 Å². The molecule has 1 nitrogen and oxygen atoms in total. The van der Waals surface area contributed by atoms with Crippen LogP contribution in [-0.4, -0.2) is 11.8 Å². The van der Waals surface area contributed by atoms with Crippen LogP contribution < -0.4 is 4.72 Å². The molecule has 0 aromatic carbocycles. The van der Waals surface area contributed by atoms with Gasteiger partial charge in [-0.3, -0.25) is 4.72 Å². The number of nitrogens with one attached hydrogen (secondary N) is 1. The van der Waals surface area contributed by atoms with Crippen LogP contribution in [0.5, 0.6) is 0 Å². The first kappa shape index (κ1) is 19.8. The van der Waals surface area contributed by atoms with Gasteiger partial charge in [-0.1, -0.05) is 59.4 Å². The van der Waals surface area contributed by atoms with Gasteiger partial charge in [0.1, 0.15) is 0 Å². The molecule has 0 aromatic heterocycles. The largest absolute Gasteiger partial charge is 0.262 e. The van der Waals surface area contributed by atoms with Crippen molar-refractivity contribution >= 4 is 11.9 Å². The van der Waals surface area contributed by atoms with E-state index in [-0.39, 0.29) is 0 Å². The van der Waals surface area contributed by atoms with Crippen molar-refractivity contribution in [2.45, 2.75) is 73.8 Å². The minimum absolute atomic E-state index is 0.617. The van der Waals surface area contributed by atoms with Gasteiger partial charge in [0.05, 0.1) is 0 Å². The molecular weight excluding hydrogens is 190 g/mol. The lowest BCUT2D eigenvalue weighted by Crippen LogP contribution is -2.14. The normalized spacial score (nSPS) is 8.57. The van der Waals surface area contributed by atoms with Gasteiger partial charge in [0, 0.05) is 11.8 Å². The summed E-state index contributed by atoms with van der Waals surface area (Å²) >= 11 is 1.85. The van der Waals surface area contributed by atoms with Crippen LogP contribution in [-0.2, 0) is 0 Å². The lowest BCUT2D eigenvalue weighted by Gasteiger charge is -2.05. The zero-order chi connectivity index (χ0) is 11.8. The fraction of sp³-hybridized carbons (Fsp3) is 1.00. The molecule has 14 heavy (non-hydrogen) atoms. The average molecular weight is 221 g/mol. The maximum Gasteiger partial charge on any atom is 0.0115 e. The highest BCUT2D eigenvalue weighted by molar-refractivity contribution is 7.97. The van der Waals surface area contributed by atoms with Gasteiger partial charge < -0.3 is 0 Å². The topological polar surface area (TPSA) is 12.0 Å². The second kappa shape index (κ2) is 23.3. The van der Waals surface area contributed by atoms with E-state index in [4.69, 9.17) is 0 Å². The number of rotatable bonds is 6. The van der Waals surface area contributed by atoms with Gasteiger partial charge in [-0.25, -0.2) is 0 Å². The molecule has 90 valence electrons. The molecule has 0 bridgehead atoms. The molecule has 0 rings (SSSR count). The van der Waals surface area contributed by atoms with Crippen LogP contribution in [0.3, 0.4) is 0 Å². The lowest BCUT2D eigenvalue weighted by molar-refractivity contribution is 0.755. The molecule has 0 unspecified atom stereocenters. The van der Waals surface area contributed by atoms with E-state index >= 15 is 0 Å². The summed E-state index contributed by atoms with van der Waals surface area (Å²) in [6, 6.07) is 0.617. The Balaban J connectivity index is -0.000000266. The average Bonchev–Trinajstić information content (AvgIpc) is 2.23. The molecule has 0 aliphatic rings. The predicted octanol–water partition coefficient (Wildman–Crippen LogP) is 4.88. The number of hydrogen-bond donors (Lipinski definition) is 1. The van der Waals surface area contributed by atoms with Crippen molar-refractivity contribution in [3.05, 3.63) is 0 Å². The van der Waals surface area contributed by atoms with E-state index in [9.17, 15) is 0 Å². The highest BCUT2D eigenvalue weighted by atomic mass is 32.2. The third-order valence-electron chi connectivity index (χ3n) is 1.17. The molecular formula is C12H31NS. The van der Waals surface area contributed by atoms with Crippen molar-refractivity contribution in [1.29, 1.82) is 0 Å². The number of hydrogen-bond acceptors (Lipinski definition) is 2. The smallest absolute Gasteiger partial charge is 0.0115 e. The Bertz CT molecular complexity index is 65.3. The van der Waals surface area contributed by atoms with Crippen molar-refractivity contribution in [1.82, 2.24) is 4.72 Å². The molecule has 1 N–H and O–H groups in total. The molecule has 0 heterocycles. The summed E-state index contributed by atoms with van der Waals surface area (Å²) in [5.74, 6) is 1.26. The quantitative estimate of drug-likeness (QED) is 0.507. The molecule has 0 spiro atoms. The Morgan fingerprint density at radius 1 is 1.00 bits per heavy atom. The van der Waals surface area contributed by atoms with Crippen LogP contribution in [0.1, 0.15) is 67.7 Å². The van der Waals surface area contributed by atoms with E-state index in [1.807, 2.05) is 39.6 Å². The summed E-state index contributed by atoms with van der Waals surface area (Å²) in [4.78, 5) is 0. The van der Waals surface area contributed by atoms with Crippen LogP contribution in [0.15, 0.2) is 0 Å². The third-order valence-corrected chi connectivity index (χ3v) is 2.30. The van der Waals surface area contributed by atoms with Crippen molar-refractivity contribution in [2.24, 2.45) is 0 Å². The van der Waals surface area contributed by atoms with E-state index in [2.05, 4.69) is 25.5 Å². The van der Waals surface area contributed by atoms with Crippen molar-refractivity contribution in [2.75, 3.05) is 5.75 Å². The van der Waals surface area contributed by atoms with Crippen molar-refractivity contribution < 1.29 is 0 Å². The molecule has 0 atom stereocenters. The molecule has 0 aliphatic heterocycles. The maximum atomic E-state index is 3.32. The van der Waals surface area contributed by atoms with Crippen molar-refractivity contribution in [3.8, 4) is 0 Å². The SMILES string of the molecule is CC.CC.CCCCCSNC(C)C. The summed E-state index contributed by atoms with van der Waals surface area (Å²) < 4.78 is 3.32. The van der Waals surface area contributed by atoms with Gasteiger partial charge >= 0.3 is 0 Å². The molecule has 0 aliphatic carbocycles.